The van der Waals surface area contributed by atoms with Crippen molar-refractivity contribution < 1.29 is 9.21 Å². The zero-order valence-corrected chi connectivity index (χ0v) is 11.1. The third kappa shape index (κ3) is 4.55. The lowest BCUT2D eigenvalue weighted by molar-refractivity contribution is 0.239. The van der Waals surface area contributed by atoms with Crippen LogP contribution in [0, 0.1) is 0 Å². The summed E-state index contributed by atoms with van der Waals surface area (Å²) in [6.07, 6.45) is 1.60. The summed E-state index contributed by atoms with van der Waals surface area (Å²) in [6, 6.07) is 3.52. The van der Waals surface area contributed by atoms with Crippen molar-refractivity contribution in [2.24, 2.45) is 0 Å². The van der Waals surface area contributed by atoms with Gasteiger partial charge in [-0.1, -0.05) is 0 Å². The van der Waals surface area contributed by atoms with Crippen LogP contribution in [0.25, 0.3) is 0 Å². The highest BCUT2D eigenvalue weighted by atomic mass is 32.2. The molecule has 6 heteroatoms. The minimum absolute atomic E-state index is 0.127. The van der Waals surface area contributed by atoms with Crippen LogP contribution in [-0.2, 0) is 6.54 Å². The Hall–Kier alpha value is -0.750. The van der Waals surface area contributed by atoms with E-state index < -0.39 is 0 Å². The molecular formula is C11H16N2O2S2. The lowest BCUT2D eigenvalue weighted by atomic mass is 10.4. The van der Waals surface area contributed by atoms with Crippen LogP contribution >= 0.6 is 23.5 Å². The zero-order chi connectivity index (χ0) is 11.9. The Morgan fingerprint density at radius 2 is 2.41 bits per heavy atom. The predicted octanol–water partition coefficient (Wildman–Crippen LogP) is 1.93. The van der Waals surface area contributed by atoms with Gasteiger partial charge in [0.2, 0.25) is 0 Å². The van der Waals surface area contributed by atoms with Crippen molar-refractivity contribution in [1.29, 1.82) is 0 Å². The lowest BCUT2D eigenvalue weighted by Gasteiger charge is -2.21. The van der Waals surface area contributed by atoms with Crippen LogP contribution in [0.5, 0.6) is 0 Å². The van der Waals surface area contributed by atoms with Gasteiger partial charge in [-0.25, -0.2) is 4.79 Å². The molecule has 2 rings (SSSR count). The molecule has 0 unspecified atom stereocenters. The first-order valence-electron chi connectivity index (χ1n) is 5.58. The van der Waals surface area contributed by atoms with Gasteiger partial charge in [-0.2, -0.15) is 23.5 Å². The molecule has 2 heterocycles. The highest BCUT2D eigenvalue weighted by molar-refractivity contribution is 8.06. The summed E-state index contributed by atoms with van der Waals surface area (Å²) in [5, 5.41) is 6.20. The smallest absolute Gasteiger partial charge is 0.315 e. The monoisotopic (exact) mass is 272 g/mol. The van der Waals surface area contributed by atoms with Gasteiger partial charge in [0.15, 0.2) is 0 Å². The van der Waals surface area contributed by atoms with Gasteiger partial charge in [-0.05, 0) is 12.1 Å². The third-order valence-corrected chi connectivity index (χ3v) is 5.22. The van der Waals surface area contributed by atoms with Gasteiger partial charge in [-0.15, -0.1) is 0 Å². The maximum absolute atomic E-state index is 11.5. The number of thioether (sulfide) groups is 2. The molecule has 1 aliphatic rings. The van der Waals surface area contributed by atoms with Crippen LogP contribution in [0.3, 0.4) is 0 Å². The van der Waals surface area contributed by atoms with E-state index in [2.05, 4.69) is 10.6 Å². The number of urea groups is 1. The van der Waals surface area contributed by atoms with E-state index in [1.807, 2.05) is 35.7 Å². The molecular weight excluding hydrogens is 256 g/mol. The molecule has 2 N–H and O–H groups in total. The minimum Gasteiger partial charge on any atom is -0.467 e. The molecule has 94 valence electrons. The highest BCUT2D eigenvalue weighted by Gasteiger charge is 2.14. The molecule has 1 fully saturated rings. The molecule has 0 spiro atoms. The average Bonchev–Trinajstić information content (AvgIpc) is 2.88. The van der Waals surface area contributed by atoms with Crippen LogP contribution in [-0.4, -0.2) is 35.1 Å². The number of hydrogen-bond donors (Lipinski definition) is 2. The molecule has 2 amide bonds. The van der Waals surface area contributed by atoms with Crippen molar-refractivity contribution in [3.8, 4) is 0 Å². The highest BCUT2D eigenvalue weighted by Crippen LogP contribution is 2.23. The standard InChI is InChI=1S/C11H16N2O2S2/c14-11(12-6-9-2-1-3-15-9)13-7-10-8-16-4-5-17-10/h1-3,10H,4-8H2,(H2,12,13,14)/t10-/m0/s1. The van der Waals surface area contributed by atoms with E-state index in [9.17, 15) is 4.79 Å². The van der Waals surface area contributed by atoms with Gasteiger partial charge in [0.25, 0.3) is 0 Å². The molecule has 0 saturated carbocycles. The Kier molecular flexibility index (Phi) is 5.12. The fourth-order valence-electron chi connectivity index (χ4n) is 1.50. The second-order valence-corrected chi connectivity index (χ2v) is 6.27. The third-order valence-electron chi connectivity index (χ3n) is 2.38. The van der Waals surface area contributed by atoms with E-state index in [-0.39, 0.29) is 6.03 Å². The minimum atomic E-state index is -0.127. The van der Waals surface area contributed by atoms with Crippen molar-refractivity contribution in [2.75, 3.05) is 23.8 Å². The Morgan fingerprint density at radius 3 is 3.12 bits per heavy atom. The van der Waals surface area contributed by atoms with Crippen molar-refractivity contribution in [3.05, 3.63) is 24.2 Å². The van der Waals surface area contributed by atoms with Crippen molar-refractivity contribution in [1.82, 2.24) is 10.6 Å². The predicted molar refractivity (Wildman–Crippen MR) is 72.5 cm³/mol. The Balaban J connectivity index is 1.60. The van der Waals surface area contributed by atoms with Crippen molar-refractivity contribution in [3.63, 3.8) is 0 Å². The van der Waals surface area contributed by atoms with Crippen LogP contribution in [0.1, 0.15) is 5.76 Å². The van der Waals surface area contributed by atoms with E-state index in [0.29, 0.717) is 11.8 Å². The van der Waals surface area contributed by atoms with Crippen LogP contribution in [0.15, 0.2) is 22.8 Å². The van der Waals surface area contributed by atoms with Crippen molar-refractivity contribution in [2.45, 2.75) is 11.8 Å². The van der Waals surface area contributed by atoms with E-state index >= 15 is 0 Å². The van der Waals surface area contributed by atoms with Gasteiger partial charge >= 0.3 is 6.03 Å². The second-order valence-electron chi connectivity index (χ2n) is 3.71. The molecule has 17 heavy (non-hydrogen) atoms. The van der Waals surface area contributed by atoms with Crippen molar-refractivity contribution >= 4 is 29.6 Å². The van der Waals surface area contributed by atoms with Crippen LogP contribution in [0.4, 0.5) is 4.79 Å². The summed E-state index contributed by atoms with van der Waals surface area (Å²) >= 11 is 3.90. The van der Waals surface area contributed by atoms with E-state index in [4.69, 9.17) is 4.42 Å². The summed E-state index contributed by atoms with van der Waals surface area (Å²) in [5.74, 6) is 4.31. The molecule has 1 aliphatic heterocycles. The topological polar surface area (TPSA) is 54.3 Å². The first-order chi connectivity index (χ1) is 8.34. The molecule has 0 bridgehead atoms. The molecule has 0 aliphatic carbocycles. The number of rotatable bonds is 4. The number of carbonyl (C=O) groups excluding carboxylic acids is 1. The van der Waals surface area contributed by atoms with Gasteiger partial charge in [0.05, 0.1) is 12.8 Å². The first kappa shape index (κ1) is 12.7. The summed E-state index contributed by atoms with van der Waals surface area (Å²) in [5.41, 5.74) is 0. The summed E-state index contributed by atoms with van der Waals surface area (Å²) in [7, 11) is 0. The normalized spacial score (nSPS) is 19.9. The maximum atomic E-state index is 11.5. The Bertz CT molecular complexity index is 337. The average molecular weight is 272 g/mol. The molecule has 1 aromatic heterocycles. The largest absolute Gasteiger partial charge is 0.467 e. The quantitative estimate of drug-likeness (QED) is 0.879. The molecule has 1 saturated heterocycles. The molecule has 1 aromatic rings. The van der Waals surface area contributed by atoms with Gasteiger partial charge in [0, 0.05) is 29.1 Å². The number of hydrogen-bond acceptors (Lipinski definition) is 4. The number of carbonyl (C=O) groups is 1. The van der Waals surface area contributed by atoms with Crippen LogP contribution in [0.2, 0.25) is 0 Å². The van der Waals surface area contributed by atoms with Gasteiger partial charge in [-0.3, -0.25) is 0 Å². The maximum Gasteiger partial charge on any atom is 0.315 e. The Labute approximate surface area is 109 Å². The summed E-state index contributed by atoms with van der Waals surface area (Å²) in [4.78, 5) is 11.5. The van der Waals surface area contributed by atoms with E-state index in [0.717, 1.165) is 18.1 Å². The molecule has 1 atom stereocenters. The van der Waals surface area contributed by atoms with E-state index in [1.165, 1.54) is 11.5 Å². The molecule has 4 nitrogen and oxygen atoms in total. The summed E-state index contributed by atoms with van der Waals surface area (Å²) in [6.45, 7) is 1.17. The fraction of sp³-hybridized carbons (Fsp3) is 0.545. The Morgan fingerprint density at radius 1 is 1.47 bits per heavy atom. The van der Waals surface area contributed by atoms with Gasteiger partial charge in [0.1, 0.15) is 5.76 Å². The zero-order valence-electron chi connectivity index (χ0n) is 9.48. The SMILES string of the molecule is O=C(NCc1ccco1)NC[C@H]1CSCCS1. The lowest BCUT2D eigenvalue weighted by Crippen LogP contribution is -2.39. The second kappa shape index (κ2) is 6.86. The fourth-order valence-corrected chi connectivity index (χ4v) is 4.12. The number of nitrogens with one attached hydrogen (secondary N) is 2. The van der Waals surface area contributed by atoms with Gasteiger partial charge < -0.3 is 15.1 Å². The first-order valence-corrected chi connectivity index (χ1v) is 7.78. The number of amides is 2. The molecule has 0 aromatic carbocycles. The number of furan rings is 1. The molecule has 0 radical (unpaired) electrons. The van der Waals surface area contributed by atoms with Crippen LogP contribution < -0.4 is 10.6 Å². The van der Waals surface area contributed by atoms with E-state index in [1.54, 1.807) is 6.26 Å². The summed E-state index contributed by atoms with van der Waals surface area (Å²) < 4.78 is 5.13.